The Labute approximate surface area is 107 Å². The zero-order valence-corrected chi connectivity index (χ0v) is 10.6. The van der Waals surface area contributed by atoms with E-state index in [1.807, 2.05) is 18.2 Å². The lowest BCUT2D eigenvalue weighted by molar-refractivity contribution is 0.0906. The molecule has 92 valence electrons. The number of aryl methyl sites for hydroxylation is 1. The molecule has 0 heterocycles. The molecule has 1 aliphatic carbocycles. The third kappa shape index (κ3) is 1.73. The Morgan fingerprint density at radius 2 is 1.83 bits per heavy atom. The molecule has 0 aliphatic heterocycles. The van der Waals surface area contributed by atoms with Crippen LogP contribution in [0.4, 0.5) is 0 Å². The Morgan fingerprint density at radius 3 is 2.50 bits per heavy atom. The lowest BCUT2D eigenvalue weighted by Gasteiger charge is -2.11. The highest BCUT2D eigenvalue weighted by Gasteiger charge is 2.48. The molecule has 0 spiro atoms. The summed E-state index contributed by atoms with van der Waals surface area (Å²) in [6.45, 7) is 2.55. The maximum Gasteiger partial charge on any atom is 0.170 e. The molecule has 1 fully saturated rings. The number of fused-ring (bicyclic) bond motifs is 1. The fraction of sp³-hybridized carbons (Fsp3) is 0.312. The third-order valence-electron chi connectivity index (χ3n) is 3.98. The van der Waals surface area contributed by atoms with Crippen molar-refractivity contribution in [1.82, 2.24) is 0 Å². The van der Waals surface area contributed by atoms with Gasteiger partial charge in [-0.15, -0.1) is 0 Å². The SMILES string of the molecule is Cc1ccc2cc(C(=O)C3(CN)CC3)ccc2c1. The molecule has 0 aromatic heterocycles. The van der Waals surface area contributed by atoms with Crippen molar-refractivity contribution in [3.8, 4) is 0 Å². The average Bonchev–Trinajstić information content (AvgIpc) is 3.18. The van der Waals surface area contributed by atoms with Gasteiger partial charge in [0.15, 0.2) is 5.78 Å². The molecule has 2 aromatic carbocycles. The summed E-state index contributed by atoms with van der Waals surface area (Å²) in [5, 5.41) is 2.31. The predicted molar refractivity (Wildman–Crippen MR) is 73.7 cm³/mol. The van der Waals surface area contributed by atoms with Crippen LogP contribution in [-0.2, 0) is 0 Å². The van der Waals surface area contributed by atoms with Crippen molar-refractivity contribution in [2.45, 2.75) is 19.8 Å². The zero-order valence-electron chi connectivity index (χ0n) is 10.6. The van der Waals surface area contributed by atoms with Crippen molar-refractivity contribution < 1.29 is 4.79 Å². The quantitative estimate of drug-likeness (QED) is 0.836. The van der Waals surface area contributed by atoms with Gasteiger partial charge in [0, 0.05) is 17.5 Å². The van der Waals surface area contributed by atoms with Crippen molar-refractivity contribution in [2.75, 3.05) is 6.54 Å². The van der Waals surface area contributed by atoms with Gasteiger partial charge in [-0.05, 0) is 36.6 Å². The molecule has 2 heteroatoms. The standard InChI is InChI=1S/C16H17NO/c1-11-2-3-13-9-14(5-4-12(13)8-11)15(18)16(10-17)6-7-16/h2-5,8-9H,6-7,10,17H2,1H3. The number of hydrogen-bond acceptors (Lipinski definition) is 2. The number of rotatable bonds is 3. The Kier molecular flexibility index (Phi) is 2.49. The van der Waals surface area contributed by atoms with Gasteiger partial charge in [-0.3, -0.25) is 4.79 Å². The van der Waals surface area contributed by atoms with Gasteiger partial charge in [0.05, 0.1) is 0 Å². The van der Waals surface area contributed by atoms with E-state index in [1.54, 1.807) is 0 Å². The number of ketones is 1. The molecular formula is C16H17NO. The molecule has 18 heavy (non-hydrogen) atoms. The molecule has 2 nitrogen and oxygen atoms in total. The minimum absolute atomic E-state index is 0.215. The third-order valence-corrected chi connectivity index (χ3v) is 3.98. The maximum absolute atomic E-state index is 12.4. The molecule has 0 amide bonds. The van der Waals surface area contributed by atoms with Crippen molar-refractivity contribution >= 4 is 16.6 Å². The highest BCUT2D eigenvalue weighted by atomic mass is 16.1. The molecule has 0 atom stereocenters. The normalized spacial score (nSPS) is 16.8. The molecule has 0 radical (unpaired) electrons. The topological polar surface area (TPSA) is 43.1 Å². The summed E-state index contributed by atoms with van der Waals surface area (Å²) in [5.74, 6) is 0.215. The van der Waals surface area contributed by atoms with E-state index in [4.69, 9.17) is 5.73 Å². The van der Waals surface area contributed by atoms with Gasteiger partial charge in [-0.25, -0.2) is 0 Å². The van der Waals surface area contributed by atoms with Crippen molar-refractivity contribution in [3.63, 3.8) is 0 Å². The first-order valence-electron chi connectivity index (χ1n) is 6.40. The molecule has 1 aliphatic rings. The van der Waals surface area contributed by atoms with Gasteiger partial charge in [0.25, 0.3) is 0 Å². The van der Waals surface area contributed by atoms with Gasteiger partial charge in [-0.2, -0.15) is 0 Å². The lowest BCUT2D eigenvalue weighted by Crippen LogP contribution is -2.25. The second-order valence-electron chi connectivity index (χ2n) is 5.38. The second kappa shape index (κ2) is 3.92. The van der Waals surface area contributed by atoms with Crippen LogP contribution in [-0.4, -0.2) is 12.3 Å². The monoisotopic (exact) mass is 239 g/mol. The molecule has 0 unspecified atom stereocenters. The summed E-state index contributed by atoms with van der Waals surface area (Å²) in [6, 6.07) is 12.2. The summed E-state index contributed by atoms with van der Waals surface area (Å²) >= 11 is 0. The second-order valence-corrected chi connectivity index (χ2v) is 5.38. The Hall–Kier alpha value is -1.67. The minimum Gasteiger partial charge on any atom is -0.329 e. The van der Waals surface area contributed by atoms with Crippen LogP contribution in [0.3, 0.4) is 0 Å². The van der Waals surface area contributed by atoms with E-state index >= 15 is 0 Å². The van der Waals surface area contributed by atoms with Gasteiger partial charge >= 0.3 is 0 Å². The van der Waals surface area contributed by atoms with Crippen molar-refractivity contribution in [2.24, 2.45) is 11.1 Å². The molecule has 2 N–H and O–H groups in total. The Balaban J connectivity index is 2.03. The first-order valence-corrected chi connectivity index (χ1v) is 6.40. The highest BCUT2D eigenvalue weighted by molar-refractivity contribution is 6.05. The summed E-state index contributed by atoms with van der Waals surface area (Å²) in [5.41, 5.74) is 7.51. The average molecular weight is 239 g/mol. The van der Waals surface area contributed by atoms with Crippen LogP contribution in [0.2, 0.25) is 0 Å². The Bertz CT molecular complexity index is 626. The van der Waals surface area contributed by atoms with Crippen LogP contribution in [0, 0.1) is 12.3 Å². The minimum atomic E-state index is -0.252. The number of benzene rings is 2. The van der Waals surface area contributed by atoms with Gasteiger partial charge in [0.1, 0.15) is 0 Å². The van der Waals surface area contributed by atoms with E-state index in [1.165, 1.54) is 10.9 Å². The van der Waals surface area contributed by atoms with E-state index in [9.17, 15) is 4.79 Å². The highest BCUT2D eigenvalue weighted by Crippen LogP contribution is 2.47. The summed E-state index contributed by atoms with van der Waals surface area (Å²) < 4.78 is 0. The fourth-order valence-corrected chi connectivity index (χ4v) is 2.49. The van der Waals surface area contributed by atoms with Gasteiger partial charge in [-0.1, -0.05) is 35.9 Å². The maximum atomic E-state index is 12.4. The van der Waals surface area contributed by atoms with Gasteiger partial charge < -0.3 is 5.73 Å². The number of hydrogen-bond donors (Lipinski definition) is 1. The number of carbonyl (C=O) groups is 1. The largest absolute Gasteiger partial charge is 0.329 e. The summed E-state index contributed by atoms with van der Waals surface area (Å²) in [4.78, 5) is 12.4. The van der Waals surface area contributed by atoms with Crippen molar-refractivity contribution in [1.29, 1.82) is 0 Å². The van der Waals surface area contributed by atoms with Crippen LogP contribution in [0.5, 0.6) is 0 Å². The summed E-state index contributed by atoms with van der Waals surface area (Å²) in [6.07, 6.45) is 1.88. The summed E-state index contributed by atoms with van der Waals surface area (Å²) in [7, 11) is 0. The zero-order chi connectivity index (χ0) is 12.8. The first kappa shape index (κ1) is 11.4. The first-order chi connectivity index (χ1) is 8.64. The van der Waals surface area contributed by atoms with E-state index < -0.39 is 0 Å². The molecule has 0 bridgehead atoms. The Morgan fingerprint density at radius 1 is 1.17 bits per heavy atom. The van der Waals surface area contributed by atoms with E-state index in [2.05, 4.69) is 25.1 Å². The van der Waals surface area contributed by atoms with E-state index in [-0.39, 0.29) is 11.2 Å². The van der Waals surface area contributed by atoms with E-state index in [0.29, 0.717) is 6.54 Å². The predicted octanol–water partition coefficient (Wildman–Crippen LogP) is 3.07. The van der Waals surface area contributed by atoms with Crippen LogP contribution in [0.25, 0.3) is 10.8 Å². The number of nitrogens with two attached hydrogens (primary N) is 1. The molecular weight excluding hydrogens is 222 g/mol. The van der Waals surface area contributed by atoms with Crippen molar-refractivity contribution in [3.05, 3.63) is 47.5 Å². The van der Waals surface area contributed by atoms with Crippen LogP contribution >= 0.6 is 0 Å². The van der Waals surface area contributed by atoms with Gasteiger partial charge in [0.2, 0.25) is 0 Å². The lowest BCUT2D eigenvalue weighted by atomic mass is 9.93. The van der Waals surface area contributed by atoms with Crippen LogP contribution in [0.15, 0.2) is 36.4 Å². The molecule has 1 saturated carbocycles. The fourth-order valence-electron chi connectivity index (χ4n) is 2.49. The molecule has 3 rings (SSSR count). The van der Waals surface area contributed by atoms with E-state index in [0.717, 1.165) is 23.8 Å². The number of Topliss-reactive ketones (excluding diaryl/α,β-unsaturated/α-hetero) is 1. The number of carbonyl (C=O) groups excluding carboxylic acids is 1. The van der Waals surface area contributed by atoms with Crippen LogP contribution < -0.4 is 5.73 Å². The van der Waals surface area contributed by atoms with Crippen LogP contribution in [0.1, 0.15) is 28.8 Å². The smallest absolute Gasteiger partial charge is 0.170 e. The molecule has 2 aromatic rings. The molecule has 0 saturated heterocycles.